The fourth-order valence-corrected chi connectivity index (χ4v) is 2.59. The van der Waals surface area contributed by atoms with E-state index >= 15 is 0 Å². The Balaban J connectivity index is 2.56. The third kappa shape index (κ3) is 5.35. The van der Waals surface area contributed by atoms with Gasteiger partial charge < -0.3 is 5.11 Å². The number of carboxylic acids is 1. The summed E-state index contributed by atoms with van der Waals surface area (Å²) in [6.45, 7) is 1.91. The summed E-state index contributed by atoms with van der Waals surface area (Å²) in [7, 11) is -3.67. The number of sulfonamides is 1. The van der Waals surface area contributed by atoms with Gasteiger partial charge >= 0.3 is 5.97 Å². The van der Waals surface area contributed by atoms with Crippen LogP contribution in [0.3, 0.4) is 0 Å². The zero-order valence-corrected chi connectivity index (χ0v) is 11.3. The summed E-state index contributed by atoms with van der Waals surface area (Å²) in [5.41, 5.74) is 0. The number of benzene rings is 1. The Morgan fingerprint density at radius 2 is 1.95 bits per heavy atom. The fourth-order valence-electron chi connectivity index (χ4n) is 1.42. The Hall–Kier alpha value is -1.47. The van der Waals surface area contributed by atoms with Gasteiger partial charge in [-0.05, 0) is 36.6 Å². The molecule has 19 heavy (non-hydrogen) atoms. The van der Waals surface area contributed by atoms with Crippen molar-refractivity contribution < 1.29 is 22.7 Å². The molecule has 0 aliphatic rings. The summed E-state index contributed by atoms with van der Waals surface area (Å²) < 4.78 is 38.7. The van der Waals surface area contributed by atoms with E-state index < -0.39 is 21.8 Å². The predicted molar refractivity (Wildman–Crippen MR) is 67.6 cm³/mol. The zero-order valence-electron chi connectivity index (χ0n) is 10.5. The Labute approximate surface area is 111 Å². The van der Waals surface area contributed by atoms with Crippen LogP contribution in [0, 0.1) is 11.7 Å². The smallest absolute Gasteiger partial charge is 0.303 e. The van der Waals surface area contributed by atoms with Crippen molar-refractivity contribution in [3.8, 4) is 0 Å². The van der Waals surface area contributed by atoms with E-state index in [1.54, 1.807) is 6.92 Å². The standard InChI is InChI=1S/C12H16FNO4S/c1-9(2-7-12(15)16)8-14-19(17,18)11-5-3-10(13)4-6-11/h3-6,9,14H,2,7-8H2,1H3,(H,15,16). The predicted octanol–water partition coefficient (Wildman–Crippen LogP) is 1.60. The third-order valence-corrected chi connectivity index (χ3v) is 4.04. The number of carboxylic acid groups (broad SMARTS) is 1. The molecule has 106 valence electrons. The van der Waals surface area contributed by atoms with Crippen molar-refractivity contribution in [3.63, 3.8) is 0 Å². The highest BCUT2D eigenvalue weighted by Gasteiger charge is 2.15. The number of rotatable bonds is 7. The van der Waals surface area contributed by atoms with Crippen LogP contribution in [0.2, 0.25) is 0 Å². The first kappa shape index (κ1) is 15.6. The maximum absolute atomic E-state index is 12.7. The van der Waals surface area contributed by atoms with Crippen LogP contribution in [0.4, 0.5) is 4.39 Å². The molecule has 1 aromatic rings. The van der Waals surface area contributed by atoms with Crippen molar-refractivity contribution in [1.29, 1.82) is 0 Å². The van der Waals surface area contributed by atoms with Crippen LogP contribution < -0.4 is 4.72 Å². The van der Waals surface area contributed by atoms with Gasteiger partial charge in [0.15, 0.2) is 0 Å². The van der Waals surface area contributed by atoms with Crippen LogP contribution in [-0.2, 0) is 14.8 Å². The quantitative estimate of drug-likeness (QED) is 0.798. The number of hydrogen-bond acceptors (Lipinski definition) is 3. The molecule has 0 bridgehead atoms. The molecule has 1 unspecified atom stereocenters. The normalized spacial score (nSPS) is 13.2. The summed E-state index contributed by atoms with van der Waals surface area (Å²) in [4.78, 5) is 10.4. The second kappa shape index (κ2) is 6.63. The van der Waals surface area contributed by atoms with Gasteiger partial charge in [0.05, 0.1) is 4.90 Å². The van der Waals surface area contributed by atoms with Gasteiger partial charge in [0, 0.05) is 13.0 Å². The van der Waals surface area contributed by atoms with Crippen molar-refractivity contribution in [2.75, 3.05) is 6.54 Å². The molecule has 0 aliphatic carbocycles. The summed E-state index contributed by atoms with van der Waals surface area (Å²) in [5, 5.41) is 8.52. The first-order valence-electron chi connectivity index (χ1n) is 5.78. The van der Waals surface area contributed by atoms with Crippen molar-refractivity contribution >= 4 is 16.0 Å². The molecule has 0 fully saturated rings. The van der Waals surface area contributed by atoms with Crippen LogP contribution >= 0.6 is 0 Å². The molecule has 0 aliphatic heterocycles. The van der Waals surface area contributed by atoms with E-state index in [0.717, 1.165) is 12.1 Å². The Bertz CT molecular complexity index is 527. The second-order valence-electron chi connectivity index (χ2n) is 4.34. The highest BCUT2D eigenvalue weighted by Crippen LogP contribution is 2.11. The number of aliphatic carboxylic acids is 1. The largest absolute Gasteiger partial charge is 0.481 e. The number of halogens is 1. The summed E-state index contributed by atoms with van der Waals surface area (Å²) >= 11 is 0. The van der Waals surface area contributed by atoms with Crippen molar-refractivity contribution in [1.82, 2.24) is 4.72 Å². The molecule has 0 saturated carbocycles. The van der Waals surface area contributed by atoms with Gasteiger partial charge in [0.1, 0.15) is 5.82 Å². The van der Waals surface area contributed by atoms with Crippen LogP contribution in [0.15, 0.2) is 29.2 Å². The molecule has 7 heteroatoms. The fraction of sp³-hybridized carbons (Fsp3) is 0.417. The lowest BCUT2D eigenvalue weighted by molar-refractivity contribution is -0.137. The minimum Gasteiger partial charge on any atom is -0.481 e. The number of carbonyl (C=O) groups is 1. The van der Waals surface area contributed by atoms with Crippen LogP contribution in [-0.4, -0.2) is 26.0 Å². The first-order chi connectivity index (χ1) is 8.81. The molecule has 2 N–H and O–H groups in total. The Kier molecular flexibility index (Phi) is 5.44. The molecule has 0 radical (unpaired) electrons. The topological polar surface area (TPSA) is 83.5 Å². The van der Waals surface area contributed by atoms with Gasteiger partial charge in [-0.25, -0.2) is 17.5 Å². The average molecular weight is 289 g/mol. The number of nitrogens with one attached hydrogen (secondary N) is 1. The third-order valence-electron chi connectivity index (χ3n) is 2.60. The van der Waals surface area contributed by atoms with Gasteiger partial charge in [0.2, 0.25) is 10.0 Å². The van der Waals surface area contributed by atoms with Gasteiger partial charge in [-0.1, -0.05) is 6.92 Å². The second-order valence-corrected chi connectivity index (χ2v) is 6.11. The first-order valence-corrected chi connectivity index (χ1v) is 7.26. The molecule has 1 atom stereocenters. The van der Waals surface area contributed by atoms with Gasteiger partial charge in [-0.3, -0.25) is 4.79 Å². The summed E-state index contributed by atoms with van der Waals surface area (Å²) in [5.74, 6) is -1.51. The van der Waals surface area contributed by atoms with Crippen LogP contribution in [0.1, 0.15) is 19.8 Å². The molecule has 0 saturated heterocycles. The SMILES string of the molecule is CC(CCC(=O)O)CNS(=O)(=O)c1ccc(F)cc1. The highest BCUT2D eigenvalue weighted by atomic mass is 32.2. The van der Waals surface area contributed by atoms with E-state index in [2.05, 4.69) is 4.72 Å². The van der Waals surface area contributed by atoms with E-state index in [1.807, 2.05) is 0 Å². The average Bonchev–Trinajstić information content (AvgIpc) is 2.34. The molecular formula is C12H16FNO4S. The lowest BCUT2D eigenvalue weighted by atomic mass is 10.1. The molecule has 0 heterocycles. The van der Waals surface area contributed by atoms with Crippen molar-refractivity contribution in [2.24, 2.45) is 5.92 Å². The van der Waals surface area contributed by atoms with E-state index in [4.69, 9.17) is 5.11 Å². The highest BCUT2D eigenvalue weighted by molar-refractivity contribution is 7.89. The summed E-state index contributed by atoms with van der Waals surface area (Å²) in [6, 6.07) is 4.50. The summed E-state index contributed by atoms with van der Waals surface area (Å²) in [6.07, 6.45) is 0.390. The minimum atomic E-state index is -3.67. The van der Waals surface area contributed by atoms with Gasteiger partial charge in [0.25, 0.3) is 0 Å². The Morgan fingerprint density at radius 1 is 1.37 bits per heavy atom. The van der Waals surface area contributed by atoms with Gasteiger partial charge in [-0.15, -0.1) is 0 Å². The van der Waals surface area contributed by atoms with Gasteiger partial charge in [-0.2, -0.15) is 0 Å². The molecule has 0 aromatic heterocycles. The molecule has 0 amide bonds. The molecule has 0 spiro atoms. The van der Waals surface area contributed by atoms with Crippen molar-refractivity contribution in [2.45, 2.75) is 24.7 Å². The van der Waals surface area contributed by atoms with E-state index in [-0.39, 0.29) is 23.8 Å². The number of hydrogen-bond donors (Lipinski definition) is 2. The lowest BCUT2D eigenvalue weighted by Gasteiger charge is -2.12. The molecular weight excluding hydrogens is 273 g/mol. The van der Waals surface area contributed by atoms with E-state index in [0.29, 0.717) is 6.42 Å². The molecule has 5 nitrogen and oxygen atoms in total. The zero-order chi connectivity index (χ0) is 14.5. The lowest BCUT2D eigenvalue weighted by Crippen LogP contribution is -2.28. The van der Waals surface area contributed by atoms with Crippen molar-refractivity contribution in [3.05, 3.63) is 30.1 Å². The maximum atomic E-state index is 12.7. The van der Waals surface area contributed by atoms with E-state index in [1.165, 1.54) is 12.1 Å². The van der Waals surface area contributed by atoms with Crippen LogP contribution in [0.5, 0.6) is 0 Å². The van der Waals surface area contributed by atoms with E-state index in [9.17, 15) is 17.6 Å². The molecule has 1 rings (SSSR count). The molecule has 1 aromatic carbocycles. The minimum absolute atomic E-state index is 0.000553. The monoisotopic (exact) mass is 289 g/mol. The Morgan fingerprint density at radius 3 is 2.47 bits per heavy atom. The maximum Gasteiger partial charge on any atom is 0.303 e. The van der Waals surface area contributed by atoms with Crippen LogP contribution in [0.25, 0.3) is 0 Å².